The number of nitrogens with zero attached hydrogens (tertiary/aromatic N) is 4. The quantitative estimate of drug-likeness (QED) is 0.374. The Bertz CT molecular complexity index is 1320. The first-order valence-corrected chi connectivity index (χ1v) is 10.3. The van der Waals surface area contributed by atoms with Crippen molar-refractivity contribution in [1.82, 2.24) is 19.9 Å². The zero-order chi connectivity index (χ0) is 21.0. The van der Waals surface area contributed by atoms with Gasteiger partial charge in [0.25, 0.3) is 0 Å². The first-order chi connectivity index (χ1) is 15.3. The van der Waals surface area contributed by atoms with Gasteiger partial charge in [-0.1, -0.05) is 35.9 Å². The van der Waals surface area contributed by atoms with E-state index in [2.05, 4.69) is 27.4 Å². The number of anilines is 1. The van der Waals surface area contributed by atoms with Crippen molar-refractivity contribution >= 4 is 28.3 Å². The molecule has 0 aliphatic rings. The maximum Gasteiger partial charge on any atom is 0.163 e. The monoisotopic (exact) mass is 423 g/mol. The van der Waals surface area contributed by atoms with Crippen LogP contribution in [0.4, 0.5) is 5.82 Å². The lowest BCUT2D eigenvalue weighted by Crippen LogP contribution is -2.05. The third-order valence-electron chi connectivity index (χ3n) is 4.96. The highest BCUT2D eigenvalue weighted by Crippen LogP contribution is 2.30. The number of halogens is 1. The van der Waals surface area contributed by atoms with E-state index in [1.807, 2.05) is 60.7 Å². The maximum absolute atomic E-state index is 6.05. The summed E-state index contributed by atoms with van der Waals surface area (Å²) in [4.78, 5) is 18.2. The Labute approximate surface area is 184 Å². The molecule has 5 rings (SSSR count). The molecule has 0 saturated heterocycles. The molecule has 3 aromatic heterocycles. The number of hydrogen-bond acceptors (Lipinski definition) is 5. The number of rotatable bonds is 5. The first kappa shape index (κ1) is 19.2. The van der Waals surface area contributed by atoms with Crippen LogP contribution in [0.2, 0.25) is 5.02 Å². The van der Waals surface area contributed by atoms with Crippen molar-refractivity contribution in [3.8, 4) is 22.5 Å². The van der Waals surface area contributed by atoms with Gasteiger partial charge in [0.1, 0.15) is 5.82 Å². The van der Waals surface area contributed by atoms with Crippen LogP contribution in [0.25, 0.3) is 33.4 Å². The standard InChI is InChI=1S/C25H18ClN5/c26-20-9-6-17(7-10-20)18-8-11-22-23(14-18)30-24(19-4-3-12-27-15-19)31-25(22)29-16-21-5-1-2-13-28-21/h1-15H,16H2,(H,29,30,31). The van der Waals surface area contributed by atoms with Crippen LogP contribution in [0.15, 0.2) is 91.4 Å². The molecule has 0 bridgehead atoms. The van der Waals surface area contributed by atoms with E-state index in [9.17, 15) is 0 Å². The maximum atomic E-state index is 6.05. The van der Waals surface area contributed by atoms with Crippen molar-refractivity contribution in [3.05, 3.63) is 102 Å². The largest absolute Gasteiger partial charge is 0.364 e. The molecule has 0 saturated carbocycles. The molecule has 1 N–H and O–H groups in total. The van der Waals surface area contributed by atoms with E-state index in [0.717, 1.165) is 39.1 Å². The van der Waals surface area contributed by atoms with Gasteiger partial charge in [-0.2, -0.15) is 0 Å². The first-order valence-electron chi connectivity index (χ1n) is 9.88. The lowest BCUT2D eigenvalue weighted by atomic mass is 10.0. The van der Waals surface area contributed by atoms with E-state index in [4.69, 9.17) is 21.6 Å². The minimum Gasteiger partial charge on any atom is -0.364 e. The summed E-state index contributed by atoms with van der Waals surface area (Å²) in [6.45, 7) is 0.568. The molecule has 0 spiro atoms. The second-order valence-corrected chi connectivity index (χ2v) is 7.49. The van der Waals surface area contributed by atoms with E-state index in [1.54, 1.807) is 18.6 Å². The lowest BCUT2D eigenvalue weighted by molar-refractivity contribution is 1.03. The molecule has 0 aliphatic carbocycles. The molecule has 5 nitrogen and oxygen atoms in total. The average molecular weight is 424 g/mol. The minimum atomic E-state index is 0.568. The van der Waals surface area contributed by atoms with Gasteiger partial charge in [-0.3, -0.25) is 9.97 Å². The number of fused-ring (bicyclic) bond motifs is 1. The number of pyridine rings is 2. The third-order valence-corrected chi connectivity index (χ3v) is 5.21. The summed E-state index contributed by atoms with van der Waals surface area (Å²) in [6, 6.07) is 23.7. The van der Waals surface area contributed by atoms with Crippen LogP contribution < -0.4 is 5.32 Å². The van der Waals surface area contributed by atoms with E-state index >= 15 is 0 Å². The Balaban J connectivity index is 1.60. The molecular weight excluding hydrogens is 406 g/mol. The number of aromatic nitrogens is 4. The Hall–Kier alpha value is -3.83. The zero-order valence-electron chi connectivity index (χ0n) is 16.5. The van der Waals surface area contributed by atoms with Gasteiger partial charge in [0.2, 0.25) is 0 Å². The molecule has 0 amide bonds. The van der Waals surface area contributed by atoms with Crippen LogP contribution in [-0.2, 0) is 6.54 Å². The van der Waals surface area contributed by atoms with E-state index in [0.29, 0.717) is 17.4 Å². The summed E-state index contributed by atoms with van der Waals surface area (Å²) in [5.74, 6) is 1.38. The van der Waals surface area contributed by atoms with E-state index in [-0.39, 0.29) is 0 Å². The fourth-order valence-electron chi connectivity index (χ4n) is 3.39. The summed E-state index contributed by atoms with van der Waals surface area (Å²) in [7, 11) is 0. The SMILES string of the molecule is Clc1ccc(-c2ccc3c(NCc4ccccn4)nc(-c4cccnc4)nc3c2)cc1. The molecular formula is C25H18ClN5. The molecule has 0 unspecified atom stereocenters. The van der Waals surface area contributed by atoms with Crippen molar-refractivity contribution < 1.29 is 0 Å². The van der Waals surface area contributed by atoms with Crippen LogP contribution in [0.5, 0.6) is 0 Å². The van der Waals surface area contributed by atoms with Crippen LogP contribution in [0.1, 0.15) is 5.69 Å². The van der Waals surface area contributed by atoms with Crippen LogP contribution in [-0.4, -0.2) is 19.9 Å². The second kappa shape index (κ2) is 8.50. The molecule has 0 radical (unpaired) electrons. The fourth-order valence-corrected chi connectivity index (χ4v) is 3.51. The summed E-state index contributed by atoms with van der Waals surface area (Å²) >= 11 is 6.05. The number of nitrogens with one attached hydrogen (secondary N) is 1. The molecule has 0 aliphatic heterocycles. The molecule has 5 aromatic rings. The summed E-state index contributed by atoms with van der Waals surface area (Å²) < 4.78 is 0. The molecule has 150 valence electrons. The Morgan fingerprint density at radius 1 is 0.774 bits per heavy atom. The van der Waals surface area contributed by atoms with Gasteiger partial charge in [-0.05, 0) is 59.7 Å². The molecule has 3 heterocycles. The molecule has 0 atom stereocenters. The predicted molar refractivity (Wildman–Crippen MR) is 125 cm³/mol. The minimum absolute atomic E-state index is 0.568. The Morgan fingerprint density at radius 3 is 2.42 bits per heavy atom. The molecule has 2 aromatic carbocycles. The third kappa shape index (κ3) is 4.22. The van der Waals surface area contributed by atoms with E-state index < -0.39 is 0 Å². The predicted octanol–water partition coefficient (Wildman–Crippen LogP) is 6.02. The highest BCUT2D eigenvalue weighted by molar-refractivity contribution is 6.30. The normalized spacial score (nSPS) is 10.9. The molecule has 6 heteroatoms. The van der Waals surface area contributed by atoms with Crippen molar-refractivity contribution in [2.45, 2.75) is 6.54 Å². The lowest BCUT2D eigenvalue weighted by Gasteiger charge is -2.12. The Morgan fingerprint density at radius 2 is 1.65 bits per heavy atom. The van der Waals surface area contributed by atoms with Crippen molar-refractivity contribution in [3.63, 3.8) is 0 Å². The van der Waals surface area contributed by atoms with Gasteiger partial charge in [0, 0.05) is 34.6 Å². The second-order valence-electron chi connectivity index (χ2n) is 7.05. The topological polar surface area (TPSA) is 63.6 Å². The smallest absolute Gasteiger partial charge is 0.163 e. The average Bonchev–Trinajstić information content (AvgIpc) is 2.83. The fraction of sp³-hybridized carbons (Fsp3) is 0.0400. The van der Waals surface area contributed by atoms with E-state index in [1.165, 1.54) is 0 Å². The van der Waals surface area contributed by atoms with Gasteiger partial charge < -0.3 is 5.32 Å². The van der Waals surface area contributed by atoms with Crippen molar-refractivity contribution in [2.75, 3.05) is 5.32 Å². The molecule has 31 heavy (non-hydrogen) atoms. The number of benzene rings is 2. The Kier molecular flexibility index (Phi) is 5.25. The highest BCUT2D eigenvalue weighted by Gasteiger charge is 2.11. The summed E-state index contributed by atoms with van der Waals surface area (Å²) in [5, 5.41) is 5.09. The number of hydrogen-bond donors (Lipinski definition) is 1. The van der Waals surface area contributed by atoms with Gasteiger partial charge in [0.15, 0.2) is 5.82 Å². The van der Waals surface area contributed by atoms with Gasteiger partial charge >= 0.3 is 0 Å². The van der Waals surface area contributed by atoms with Crippen LogP contribution in [0, 0.1) is 0 Å². The highest BCUT2D eigenvalue weighted by atomic mass is 35.5. The van der Waals surface area contributed by atoms with Gasteiger partial charge in [-0.15, -0.1) is 0 Å². The van der Waals surface area contributed by atoms with Crippen LogP contribution in [0.3, 0.4) is 0 Å². The summed E-state index contributed by atoms with van der Waals surface area (Å²) in [5.41, 5.74) is 4.80. The zero-order valence-corrected chi connectivity index (χ0v) is 17.3. The molecule has 0 fully saturated rings. The van der Waals surface area contributed by atoms with Crippen molar-refractivity contribution in [1.29, 1.82) is 0 Å². The van der Waals surface area contributed by atoms with Crippen molar-refractivity contribution in [2.24, 2.45) is 0 Å². The van der Waals surface area contributed by atoms with Gasteiger partial charge in [-0.25, -0.2) is 9.97 Å². The summed E-state index contributed by atoms with van der Waals surface area (Å²) in [6.07, 6.45) is 5.30. The van der Waals surface area contributed by atoms with Crippen LogP contribution >= 0.6 is 11.6 Å². The van der Waals surface area contributed by atoms with Gasteiger partial charge in [0.05, 0.1) is 17.8 Å².